The molecule has 2 N–H and O–H groups in total. The van der Waals surface area contributed by atoms with Crippen molar-refractivity contribution in [2.45, 2.75) is 127 Å². The van der Waals surface area contributed by atoms with E-state index >= 15 is 0 Å². The van der Waals surface area contributed by atoms with Crippen LogP contribution in [0, 0.1) is 20.8 Å². The van der Waals surface area contributed by atoms with Gasteiger partial charge in [-0.05, 0) is 142 Å². The smallest absolute Gasteiger partial charge is 0.389 e. The summed E-state index contributed by atoms with van der Waals surface area (Å²) in [6.45, 7) is 5.95. The summed E-state index contributed by atoms with van der Waals surface area (Å²) in [7, 11) is 0. The molecule has 3 amide bonds. The molecule has 3 aromatic carbocycles. The van der Waals surface area contributed by atoms with Crippen LogP contribution in [0.5, 0.6) is 0 Å². The zero-order valence-corrected chi connectivity index (χ0v) is 49.3. The number of rotatable bonds is 10. The molecule has 3 saturated carbocycles. The molecule has 3 saturated heterocycles. The van der Waals surface area contributed by atoms with E-state index < -0.39 is 59.6 Å². The van der Waals surface area contributed by atoms with Crippen molar-refractivity contribution in [2.24, 2.45) is 0 Å². The Morgan fingerprint density at radius 3 is 1.22 bits per heavy atom. The molecule has 0 unspecified atom stereocenters. The molecule has 7 aromatic rings. The Labute approximate surface area is 508 Å². The average molecular weight is 1280 g/mol. The van der Waals surface area contributed by atoms with Gasteiger partial charge < -0.3 is 43.1 Å². The lowest BCUT2D eigenvalue weighted by atomic mass is 9.95. The fraction of sp³-hybridized carbons (Fsp3) is 0.426. The number of β-amino-alcohol motifs (C(OH)–C–C–N with tert-alkyl or cyclic N) is 2. The molecule has 4 aromatic heterocycles. The molecule has 3 aliphatic heterocycles. The fourth-order valence-corrected chi connectivity index (χ4v) is 12.3. The molecule has 0 atom stereocenters. The minimum absolute atomic E-state index is 0.0312. The van der Waals surface area contributed by atoms with Crippen LogP contribution < -0.4 is 0 Å². The first-order chi connectivity index (χ1) is 41.1. The number of carbonyl (C=O) groups excluding carboxylic acids is 3. The number of likely N-dealkylation sites (tertiary alicyclic amines) is 3. The van der Waals surface area contributed by atoms with Crippen LogP contribution in [-0.4, -0.2) is 118 Å². The Bertz CT molecular complexity index is 3730. The van der Waals surface area contributed by atoms with E-state index in [9.17, 15) is 64.1 Å². The van der Waals surface area contributed by atoms with Crippen LogP contribution in [0.25, 0.3) is 33.4 Å². The maximum Gasteiger partial charge on any atom is 0.431 e. The summed E-state index contributed by atoms with van der Waals surface area (Å²) in [5, 5.41) is 24.2. The van der Waals surface area contributed by atoms with Gasteiger partial charge in [0.25, 0.3) is 17.7 Å². The summed E-state index contributed by atoms with van der Waals surface area (Å²) in [5.74, 6) is -0.209. The van der Waals surface area contributed by atoms with Gasteiger partial charge in [0, 0.05) is 95.1 Å². The summed E-state index contributed by atoms with van der Waals surface area (Å²) in [6, 6.07) is 19.5. The van der Waals surface area contributed by atoms with Crippen molar-refractivity contribution in [1.29, 1.82) is 0 Å². The summed E-state index contributed by atoms with van der Waals surface area (Å²) >= 11 is 17.8. The van der Waals surface area contributed by atoms with Gasteiger partial charge >= 0.3 is 18.5 Å². The topological polar surface area (TPSA) is 155 Å². The van der Waals surface area contributed by atoms with Crippen LogP contribution in [-0.2, 0) is 18.5 Å². The van der Waals surface area contributed by atoms with Crippen molar-refractivity contribution in [3.63, 3.8) is 0 Å². The van der Waals surface area contributed by atoms with Gasteiger partial charge in [0.15, 0.2) is 5.82 Å². The second kappa shape index (κ2) is 23.6. The third-order valence-corrected chi connectivity index (χ3v) is 17.3. The van der Waals surface area contributed by atoms with Gasteiger partial charge in [-0.1, -0.05) is 76.4 Å². The van der Waals surface area contributed by atoms with Crippen molar-refractivity contribution in [3.8, 4) is 33.4 Å². The molecule has 13 rings (SSSR count). The molecule has 7 heterocycles. The van der Waals surface area contributed by atoms with Crippen molar-refractivity contribution in [1.82, 2.24) is 38.5 Å². The van der Waals surface area contributed by atoms with E-state index in [1.165, 1.54) is 32.8 Å². The predicted molar refractivity (Wildman–Crippen MR) is 305 cm³/mol. The van der Waals surface area contributed by atoms with E-state index in [2.05, 4.69) is 10.1 Å². The van der Waals surface area contributed by atoms with E-state index in [4.69, 9.17) is 39.3 Å². The zero-order valence-electron chi connectivity index (χ0n) is 47.0. The maximum atomic E-state index is 14.2. The predicted octanol–water partition coefficient (Wildman–Crippen LogP) is 14.4. The van der Waals surface area contributed by atoms with E-state index in [1.807, 2.05) is 0 Å². The number of hydrogen-bond acceptors (Lipinski definition) is 8. The number of hydrogen-bond donors (Lipinski definition) is 2. The highest BCUT2D eigenvalue weighted by Gasteiger charge is 2.49. The number of carbonyl (C=O) groups is 3. The Morgan fingerprint density at radius 2 is 0.874 bits per heavy atom. The van der Waals surface area contributed by atoms with Gasteiger partial charge in [0.2, 0.25) is 5.89 Å². The highest BCUT2D eigenvalue weighted by atomic mass is 35.5. The Balaban J connectivity index is 0.000000137. The Hall–Kier alpha value is -6.79. The molecule has 87 heavy (non-hydrogen) atoms. The molecule has 6 aliphatic rings. The standard InChI is InChI=1S/C24H24ClF3N4O2.C19H18ClF3N2O2.C18H16ClF3N2O2/c1-13-19(15-3-5-17(25)6-4-15)20(32(18-7-8-18)21(13)24(26,27)28)23(33)31-11-9-16(10-12-31)22-29-14(2)30-34-22;1-10-15(11-2-4-12(20)5-3-11)16(18(27)24-8-14(26)9-24)25(13-6-7-13)17(10)19(21,22)23;19-11-3-1-10(2-4-11)14-7-15(18(20,21)22)24(12-5-6-12)16(14)17(26)23-8-13(25)9-23/h3-6,16,18H,7-12H2,1-2H3;2-5,13-14,26H,6-9H2,1H3;1-4,7,12-13,25H,5-6,8-9H2. The Morgan fingerprint density at radius 1 is 0.506 bits per heavy atom. The van der Waals surface area contributed by atoms with Gasteiger partial charge in [-0.15, -0.1) is 0 Å². The molecule has 0 radical (unpaired) electrons. The van der Waals surface area contributed by atoms with Gasteiger partial charge in [-0.3, -0.25) is 14.4 Å². The third-order valence-electron chi connectivity index (χ3n) is 16.5. The number of aliphatic hydroxyl groups is 2. The molecule has 6 fully saturated rings. The maximum absolute atomic E-state index is 14.2. The number of alkyl halides is 9. The summed E-state index contributed by atoms with van der Waals surface area (Å²) in [6.07, 6.45) is -10.0. The lowest BCUT2D eigenvalue weighted by molar-refractivity contribution is -0.144. The minimum atomic E-state index is -4.57. The SMILES string of the molecule is Cc1c(-c2ccc(Cl)cc2)c(C(=O)N2CC(O)C2)n(C2CC2)c1C(F)(F)F.Cc1noc(C2CCN(C(=O)c3c(-c4ccc(Cl)cc4)c(C)c(C(F)(F)F)n3C3CC3)CC2)n1.O=C(c1c(-c2ccc(Cl)cc2)cc(C(F)(F)F)n1C1CC1)N1CC(O)C1. The van der Waals surface area contributed by atoms with E-state index in [1.54, 1.807) is 84.6 Å². The van der Waals surface area contributed by atoms with Gasteiger partial charge in [0.1, 0.15) is 34.2 Å². The fourth-order valence-electron chi connectivity index (χ4n) is 11.9. The number of amides is 3. The highest BCUT2D eigenvalue weighted by molar-refractivity contribution is 6.31. The molecule has 0 bridgehead atoms. The first kappa shape index (κ1) is 61.8. The number of benzene rings is 3. The largest absolute Gasteiger partial charge is 0.431 e. The zero-order chi connectivity index (χ0) is 62.3. The number of aromatic nitrogens is 5. The van der Waals surface area contributed by atoms with Crippen LogP contribution in [0.1, 0.15) is 147 Å². The molecule has 3 aliphatic carbocycles. The van der Waals surface area contributed by atoms with Crippen molar-refractivity contribution in [3.05, 3.63) is 151 Å². The van der Waals surface area contributed by atoms with E-state index in [0.29, 0.717) is 113 Å². The van der Waals surface area contributed by atoms with Crippen molar-refractivity contribution < 1.29 is 68.6 Å². The van der Waals surface area contributed by atoms with Crippen LogP contribution in [0.15, 0.2) is 83.4 Å². The summed E-state index contributed by atoms with van der Waals surface area (Å²) < 4.78 is 134. The molecule has 0 spiro atoms. The minimum Gasteiger partial charge on any atom is -0.389 e. The third kappa shape index (κ3) is 12.6. The molecule has 462 valence electrons. The van der Waals surface area contributed by atoms with Gasteiger partial charge in [0.05, 0.1) is 12.2 Å². The van der Waals surface area contributed by atoms with Gasteiger partial charge in [-0.2, -0.15) is 44.5 Å². The van der Waals surface area contributed by atoms with Crippen molar-refractivity contribution >= 4 is 52.5 Å². The second-order valence-corrected chi connectivity index (χ2v) is 24.3. The van der Waals surface area contributed by atoms with E-state index in [-0.39, 0.29) is 95.5 Å². The number of piperidine rings is 1. The average Bonchev–Trinajstić information content (AvgIpc) is 1.61. The lowest BCUT2D eigenvalue weighted by Crippen LogP contribution is -2.54. The van der Waals surface area contributed by atoms with Gasteiger partial charge in [-0.25, -0.2) is 0 Å². The molecular weight excluding hydrogens is 1220 g/mol. The van der Waals surface area contributed by atoms with Crippen molar-refractivity contribution in [2.75, 3.05) is 39.3 Å². The number of nitrogens with zero attached hydrogens (tertiary/aromatic N) is 8. The number of aryl methyl sites for hydroxylation is 1. The first-order valence-electron chi connectivity index (χ1n) is 28.4. The first-order valence-corrected chi connectivity index (χ1v) is 29.5. The molecular formula is C61H58Cl3F9N8O6. The lowest BCUT2D eigenvalue weighted by Gasteiger charge is -2.36. The highest BCUT2D eigenvalue weighted by Crippen LogP contribution is 2.51. The number of halogens is 12. The second-order valence-electron chi connectivity index (χ2n) is 23.0. The molecule has 14 nitrogen and oxygen atoms in total. The van der Waals surface area contributed by atoms with Crippen LogP contribution in [0.2, 0.25) is 15.1 Å². The van der Waals surface area contributed by atoms with Crippen LogP contribution >= 0.6 is 34.8 Å². The quantitative estimate of drug-likeness (QED) is 0.128. The van der Waals surface area contributed by atoms with Crippen LogP contribution in [0.4, 0.5) is 39.5 Å². The monoisotopic (exact) mass is 1270 g/mol. The number of aliphatic hydroxyl groups excluding tert-OH is 2. The Kier molecular flexibility index (Phi) is 16.8. The summed E-state index contributed by atoms with van der Waals surface area (Å²) in [4.78, 5) is 48.5. The van der Waals surface area contributed by atoms with E-state index in [0.717, 1.165) is 10.6 Å². The summed E-state index contributed by atoms with van der Waals surface area (Å²) in [5.41, 5.74) is 0.435. The molecule has 26 heteroatoms. The van der Waals surface area contributed by atoms with Crippen LogP contribution in [0.3, 0.4) is 0 Å². The normalized spacial score (nSPS) is 17.8.